The summed E-state index contributed by atoms with van der Waals surface area (Å²) in [6.45, 7) is 4.19. The highest BCUT2D eigenvalue weighted by molar-refractivity contribution is 5.81. The normalized spacial score (nSPS) is 10.6. The lowest BCUT2D eigenvalue weighted by Crippen LogP contribution is -1.88. The number of nitrogens with one attached hydrogen (secondary N) is 1. The number of fused-ring (bicyclic) bond motifs is 1. The van der Waals surface area contributed by atoms with Crippen molar-refractivity contribution in [1.29, 1.82) is 5.26 Å². The predicted molar refractivity (Wildman–Crippen MR) is 75.7 cm³/mol. The van der Waals surface area contributed by atoms with Crippen LogP contribution in [0.1, 0.15) is 16.7 Å². The van der Waals surface area contributed by atoms with E-state index in [9.17, 15) is 0 Å². The Morgan fingerprint density at radius 3 is 2.79 bits per heavy atom. The van der Waals surface area contributed by atoms with Crippen LogP contribution in [0.25, 0.3) is 22.4 Å². The summed E-state index contributed by atoms with van der Waals surface area (Å²) in [4.78, 5) is 7.89. The second-order valence-corrected chi connectivity index (χ2v) is 4.68. The molecule has 3 heteroatoms. The van der Waals surface area contributed by atoms with Gasteiger partial charge in [-0.2, -0.15) is 5.26 Å². The molecule has 3 rings (SSSR count). The van der Waals surface area contributed by atoms with Crippen LogP contribution in [0.4, 0.5) is 0 Å². The Hall–Kier alpha value is -2.60. The minimum Gasteiger partial charge on any atom is -0.338 e. The van der Waals surface area contributed by atoms with Crippen molar-refractivity contribution in [3.8, 4) is 17.5 Å². The van der Waals surface area contributed by atoms with Crippen molar-refractivity contribution >= 4 is 11.0 Å². The largest absolute Gasteiger partial charge is 0.338 e. The topological polar surface area (TPSA) is 52.5 Å². The van der Waals surface area contributed by atoms with Crippen molar-refractivity contribution in [2.75, 3.05) is 0 Å². The van der Waals surface area contributed by atoms with Gasteiger partial charge in [0.1, 0.15) is 5.82 Å². The van der Waals surface area contributed by atoms with Crippen molar-refractivity contribution in [1.82, 2.24) is 9.97 Å². The van der Waals surface area contributed by atoms with Gasteiger partial charge >= 0.3 is 0 Å². The summed E-state index contributed by atoms with van der Waals surface area (Å²) in [5.41, 5.74) is 6.00. The molecule has 19 heavy (non-hydrogen) atoms. The minimum absolute atomic E-state index is 0.642. The maximum Gasteiger partial charge on any atom is 0.138 e. The molecule has 1 aromatic heterocycles. The lowest BCUT2D eigenvalue weighted by Gasteiger charge is -2.04. The fraction of sp³-hybridized carbons (Fsp3) is 0.125. The zero-order valence-corrected chi connectivity index (χ0v) is 10.9. The number of benzene rings is 2. The van der Waals surface area contributed by atoms with E-state index < -0.39 is 0 Å². The summed E-state index contributed by atoms with van der Waals surface area (Å²) in [5, 5.41) is 8.92. The third-order valence-electron chi connectivity index (χ3n) is 3.47. The van der Waals surface area contributed by atoms with E-state index in [4.69, 9.17) is 5.26 Å². The van der Waals surface area contributed by atoms with E-state index in [1.807, 2.05) is 18.2 Å². The number of H-pyrrole nitrogens is 1. The van der Waals surface area contributed by atoms with E-state index in [-0.39, 0.29) is 0 Å². The van der Waals surface area contributed by atoms with Crippen LogP contribution in [0.3, 0.4) is 0 Å². The molecule has 0 saturated heterocycles. The third kappa shape index (κ3) is 1.88. The van der Waals surface area contributed by atoms with Crippen LogP contribution in [0.5, 0.6) is 0 Å². The molecule has 0 aliphatic carbocycles. The number of aromatic nitrogens is 2. The van der Waals surface area contributed by atoms with E-state index in [1.54, 1.807) is 6.07 Å². The Balaban J connectivity index is 2.21. The van der Waals surface area contributed by atoms with Crippen molar-refractivity contribution in [2.45, 2.75) is 13.8 Å². The van der Waals surface area contributed by atoms with Crippen LogP contribution in [0.2, 0.25) is 0 Å². The average Bonchev–Trinajstić information content (AvgIpc) is 2.84. The molecule has 0 fully saturated rings. The Kier molecular flexibility index (Phi) is 2.57. The van der Waals surface area contributed by atoms with Gasteiger partial charge in [0.2, 0.25) is 0 Å². The van der Waals surface area contributed by atoms with Gasteiger partial charge in [-0.05, 0) is 43.2 Å². The molecule has 0 aliphatic heterocycles. The van der Waals surface area contributed by atoms with Crippen molar-refractivity contribution in [3.63, 3.8) is 0 Å². The number of imidazole rings is 1. The second kappa shape index (κ2) is 4.25. The average molecular weight is 247 g/mol. The molecule has 2 aromatic carbocycles. The zero-order chi connectivity index (χ0) is 13.4. The number of hydrogen-bond acceptors (Lipinski definition) is 2. The van der Waals surface area contributed by atoms with Crippen LogP contribution in [0.15, 0.2) is 36.4 Å². The molecule has 0 saturated carbocycles. The summed E-state index contributed by atoms with van der Waals surface area (Å²) in [6.07, 6.45) is 0. The molecule has 0 unspecified atom stereocenters. The molecule has 3 nitrogen and oxygen atoms in total. The molecule has 92 valence electrons. The van der Waals surface area contributed by atoms with Gasteiger partial charge in [-0.1, -0.05) is 18.2 Å². The predicted octanol–water partition coefficient (Wildman–Crippen LogP) is 3.72. The Morgan fingerprint density at radius 1 is 1.16 bits per heavy atom. The molecular weight excluding hydrogens is 234 g/mol. The molecule has 0 radical (unpaired) electrons. The van der Waals surface area contributed by atoms with Gasteiger partial charge < -0.3 is 4.98 Å². The first-order valence-corrected chi connectivity index (χ1v) is 6.15. The summed E-state index contributed by atoms with van der Waals surface area (Å²) < 4.78 is 0. The van der Waals surface area contributed by atoms with Gasteiger partial charge in [0.25, 0.3) is 0 Å². The number of aryl methyl sites for hydroxylation is 1. The number of nitrogens with zero attached hydrogens (tertiary/aromatic N) is 2. The van der Waals surface area contributed by atoms with Crippen LogP contribution >= 0.6 is 0 Å². The number of nitriles is 1. The Morgan fingerprint density at radius 2 is 2.00 bits per heavy atom. The molecule has 0 amide bonds. The van der Waals surface area contributed by atoms with Crippen molar-refractivity contribution < 1.29 is 0 Å². The maximum absolute atomic E-state index is 8.92. The smallest absolute Gasteiger partial charge is 0.138 e. The van der Waals surface area contributed by atoms with E-state index in [0.29, 0.717) is 5.56 Å². The second-order valence-electron chi connectivity index (χ2n) is 4.68. The molecule has 3 aromatic rings. The zero-order valence-electron chi connectivity index (χ0n) is 10.9. The first-order chi connectivity index (χ1) is 9.19. The lowest BCUT2D eigenvalue weighted by molar-refractivity contribution is 1.27. The highest BCUT2D eigenvalue weighted by Gasteiger charge is 2.09. The molecule has 1 heterocycles. The monoisotopic (exact) mass is 247 g/mol. The quantitative estimate of drug-likeness (QED) is 0.712. The van der Waals surface area contributed by atoms with Gasteiger partial charge in [0, 0.05) is 5.56 Å². The fourth-order valence-electron chi connectivity index (χ4n) is 2.21. The van der Waals surface area contributed by atoms with Gasteiger partial charge in [-0.25, -0.2) is 4.98 Å². The van der Waals surface area contributed by atoms with E-state index in [1.165, 1.54) is 11.1 Å². The number of aromatic amines is 1. The first kappa shape index (κ1) is 11.5. The highest BCUT2D eigenvalue weighted by Crippen LogP contribution is 2.25. The molecule has 0 atom stereocenters. The molecule has 0 aliphatic rings. The molecule has 1 N–H and O–H groups in total. The number of rotatable bonds is 1. The van der Waals surface area contributed by atoms with Gasteiger partial charge in [-0.15, -0.1) is 0 Å². The van der Waals surface area contributed by atoms with Crippen molar-refractivity contribution in [3.05, 3.63) is 53.1 Å². The van der Waals surface area contributed by atoms with Crippen LogP contribution in [0, 0.1) is 25.2 Å². The summed E-state index contributed by atoms with van der Waals surface area (Å²) >= 11 is 0. The SMILES string of the molecule is Cc1cccc(-c2nc3ccc(C#N)cc3[nH]2)c1C. The van der Waals surface area contributed by atoms with Gasteiger partial charge in [0.15, 0.2) is 0 Å². The minimum atomic E-state index is 0.642. The fourth-order valence-corrected chi connectivity index (χ4v) is 2.21. The first-order valence-electron chi connectivity index (χ1n) is 6.15. The summed E-state index contributed by atoms with van der Waals surface area (Å²) in [5.74, 6) is 0.853. The van der Waals surface area contributed by atoms with E-state index >= 15 is 0 Å². The third-order valence-corrected chi connectivity index (χ3v) is 3.47. The maximum atomic E-state index is 8.92. The van der Waals surface area contributed by atoms with Crippen LogP contribution < -0.4 is 0 Å². The lowest BCUT2D eigenvalue weighted by atomic mass is 10.0. The molecule has 0 spiro atoms. The molecular formula is C16H13N3. The Bertz CT molecular complexity index is 806. The van der Waals surface area contributed by atoms with E-state index in [0.717, 1.165) is 22.4 Å². The summed E-state index contributed by atoms with van der Waals surface area (Å²) in [7, 11) is 0. The number of hydrogen-bond donors (Lipinski definition) is 1. The van der Waals surface area contributed by atoms with Crippen LogP contribution in [-0.4, -0.2) is 9.97 Å². The van der Waals surface area contributed by atoms with E-state index in [2.05, 4.69) is 42.0 Å². The van der Waals surface area contributed by atoms with Gasteiger partial charge in [0.05, 0.1) is 22.7 Å². The van der Waals surface area contributed by atoms with Crippen molar-refractivity contribution in [2.24, 2.45) is 0 Å². The molecule has 0 bridgehead atoms. The van der Waals surface area contributed by atoms with Gasteiger partial charge in [-0.3, -0.25) is 0 Å². The summed E-state index contributed by atoms with van der Waals surface area (Å²) in [6, 6.07) is 13.8. The Labute approximate surface area is 111 Å². The van der Waals surface area contributed by atoms with Crippen LogP contribution in [-0.2, 0) is 0 Å². The standard InChI is InChI=1S/C16H13N3/c1-10-4-3-5-13(11(10)2)16-18-14-7-6-12(9-17)8-15(14)19-16/h3-8H,1-2H3,(H,18,19). The highest BCUT2D eigenvalue weighted by atomic mass is 14.9.